The monoisotopic (exact) mass is 352 g/mol. The number of hydrogen-bond acceptors (Lipinski definition) is 1. The summed E-state index contributed by atoms with van der Waals surface area (Å²) in [6.45, 7) is -0.230. The molecule has 0 amide bonds. The maximum Gasteiger partial charge on any atom is 0.192 e. The minimum atomic E-state index is -1.83. The minimum Gasteiger partial charge on any atom is -0.251 e. The largest absolute Gasteiger partial charge is 0.251 e. The van der Waals surface area contributed by atoms with Gasteiger partial charge in [0.25, 0.3) is 0 Å². The standard InChI is InChI=1S/C22H24FNP/c23-17-9-3-11-19-25(20-12-4-1-5-13-20,21-14-6-2-7-15-21)22-16-8-10-18-24-22/h1-2,4-8,10,12-16,18H,3,9,11,17,19H2/q+1. The summed E-state index contributed by atoms with van der Waals surface area (Å²) in [7, 11) is -1.83. The fraction of sp³-hybridized carbons (Fsp3) is 0.227. The molecule has 1 aromatic heterocycles. The summed E-state index contributed by atoms with van der Waals surface area (Å²) in [4.78, 5) is 4.78. The van der Waals surface area contributed by atoms with Gasteiger partial charge in [-0.1, -0.05) is 42.5 Å². The summed E-state index contributed by atoms with van der Waals surface area (Å²) in [5.74, 6) is 0. The highest BCUT2D eigenvalue weighted by Crippen LogP contribution is 2.55. The number of rotatable bonds is 8. The van der Waals surface area contributed by atoms with E-state index in [0.717, 1.165) is 24.4 Å². The first-order chi connectivity index (χ1) is 12.4. The highest BCUT2D eigenvalue weighted by atomic mass is 31.2. The van der Waals surface area contributed by atoms with E-state index in [9.17, 15) is 4.39 Å². The van der Waals surface area contributed by atoms with Crippen LogP contribution >= 0.6 is 7.26 Å². The first-order valence-electron chi connectivity index (χ1n) is 8.85. The summed E-state index contributed by atoms with van der Waals surface area (Å²) in [5, 5.41) is 2.69. The van der Waals surface area contributed by atoms with Crippen molar-refractivity contribution in [1.82, 2.24) is 4.98 Å². The molecule has 3 rings (SSSR count). The minimum absolute atomic E-state index is 0.230. The molecule has 3 aromatic rings. The third-order valence-electron chi connectivity index (χ3n) is 4.56. The number of pyridine rings is 1. The molecule has 0 aliphatic rings. The van der Waals surface area contributed by atoms with Crippen LogP contribution in [0.2, 0.25) is 0 Å². The molecule has 0 radical (unpaired) electrons. The smallest absolute Gasteiger partial charge is 0.192 e. The molecular weight excluding hydrogens is 328 g/mol. The Morgan fingerprint density at radius 3 is 1.80 bits per heavy atom. The van der Waals surface area contributed by atoms with Crippen molar-refractivity contribution in [2.75, 3.05) is 12.8 Å². The van der Waals surface area contributed by atoms with Crippen LogP contribution in [0.5, 0.6) is 0 Å². The van der Waals surface area contributed by atoms with Gasteiger partial charge >= 0.3 is 0 Å². The summed E-state index contributed by atoms with van der Waals surface area (Å²) in [6, 6.07) is 27.7. The van der Waals surface area contributed by atoms with Crippen molar-refractivity contribution in [2.24, 2.45) is 0 Å². The number of unbranched alkanes of at least 4 members (excludes halogenated alkanes) is 2. The number of nitrogens with zero attached hydrogens (tertiary/aromatic N) is 1. The Bertz CT molecular complexity index is 650. The van der Waals surface area contributed by atoms with Crippen molar-refractivity contribution in [2.45, 2.75) is 19.3 Å². The summed E-state index contributed by atoms with van der Waals surface area (Å²) < 4.78 is 12.6. The first-order valence-corrected chi connectivity index (χ1v) is 10.8. The predicted molar refractivity (Wildman–Crippen MR) is 108 cm³/mol. The SMILES string of the molecule is FCCCCC[P+](c1ccccc1)(c1ccccc1)c1ccccn1. The van der Waals surface area contributed by atoms with Crippen LogP contribution in [0.1, 0.15) is 19.3 Å². The Labute approximate surface area is 150 Å². The Hall–Kier alpha value is -2.05. The summed E-state index contributed by atoms with van der Waals surface area (Å²) in [6.07, 6.45) is 5.49. The lowest BCUT2D eigenvalue weighted by Crippen LogP contribution is -2.34. The van der Waals surface area contributed by atoms with Gasteiger partial charge in [-0.25, -0.2) is 4.98 Å². The summed E-state index contributed by atoms with van der Waals surface area (Å²) >= 11 is 0. The number of aromatic nitrogens is 1. The molecule has 0 N–H and O–H groups in total. The number of halogens is 1. The average Bonchev–Trinajstić information content (AvgIpc) is 2.70. The lowest BCUT2D eigenvalue weighted by Gasteiger charge is -2.26. The molecule has 3 heteroatoms. The van der Waals surface area contributed by atoms with Crippen molar-refractivity contribution in [1.29, 1.82) is 0 Å². The van der Waals surface area contributed by atoms with Gasteiger partial charge in [0.05, 0.1) is 12.8 Å². The maximum absolute atomic E-state index is 12.6. The van der Waals surface area contributed by atoms with E-state index >= 15 is 0 Å². The molecule has 0 spiro atoms. The molecule has 0 unspecified atom stereocenters. The molecule has 0 saturated heterocycles. The van der Waals surface area contributed by atoms with E-state index in [0.29, 0.717) is 6.42 Å². The van der Waals surface area contributed by atoms with Gasteiger partial charge in [0.1, 0.15) is 17.9 Å². The third kappa shape index (κ3) is 3.96. The van der Waals surface area contributed by atoms with Gasteiger partial charge in [-0.05, 0) is 49.6 Å². The molecule has 0 atom stereocenters. The Kier molecular flexibility index (Phi) is 6.30. The van der Waals surface area contributed by atoms with E-state index in [4.69, 9.17) is 4.98 Å². The van der Waals surface area contributed by atoms with Crippen LogP contribution in [0.3, 0.4) is 0 Å². The fourth-order valence-corrected chi connectivity index (χ4v) is 7.59. The zero-order valence-corrected chi connectivity index (χ0v) is 15.3. The number of benzene rings is 2. The first kappa shape index (κ1) is 17.8. The van der Waals surface area contributed by atoms with Crippen LogP contribution in [0.25, 0.3) is 0 Å². The molecule has 0 bridgehead atoms. The maximum atomic E-state index is 12.6. The van der Waals surface area contributed by atoms with Crippen molar-refractivity contribution in [3.63, 3.8) is 0 Å². The van der Waals surface area contributed by atoms with Gasteiger partial charge in [-0.3, -0.25) is 4.39 Å². The molecule has 128 valence electrons. The molecule has 0 aliphatic carbocycles. The second-order valence-electron chi connectivity index (χ2n) is 6.14. The molecule has 25 heavy (non-hydrogen) atoms. The van der Waals surface area contributed by atoms with Gasteiger partial charge in [-0.2, -0.15) is 0 Å². The second-order valence-corrected chi connectivity index (χ2v) is 9.70. The molecule has 0 saturated carbocycles. The zero-order chi connectivity index (χ0) is 17.4. The molecule has 0 aliphatic heterocycles. The predicted octanol–water partition coefficient (Wildman–Crippen LogP) is 4.52. The van der Waals surface area contributed by atoms with E-state index in [1.165, 1.54) is 10.6 Å². The van der Waals surface area contributed by atoms with Crippen LogP contribution in [-0.2, 0) is 0 Å². The molecular formula is C22H24FNP+. The highest BCUT2D eigenvalue weighted by Gasteiger charge is 2.45. The highest BCUT2D eigenvalue weighted by molar-refractivity contribution is 7.95. The molecule has 2 aromatic carbocycles. The quantitative estimate of drug-likeness (QED) is 0.429. The van der Waals surface area contributed by atoms with Crippen molar-refractivity contribution >= 4 is 23.3 Å². The average molecular weight is 352 g/mol. The van der Waals surface area contributed by atoms with Crippen LogP contribution in [0, 0.1) is 0 Å². The Morgan fingerprint density at radius 1 is 0.680 bits per heavy atom. The van der Waals surface area contributed by atoms with Crippen LogP contribution in [0.4, 0.5) is 4.39 Å². The molecule has 0 fully saturated rings. The van der Waals surface area contributed by atoms with Crippen molar-refractivity contribution in [3.05, 3.63) is 85.1 Å². The topological polar surface area (TPSA) is 12.9 Å². The van der Waals surface area contributed by atoms with Crippen LogP contribution in [0.15, 0.2) is 85.1 Å². The van der Waals surface area contributed by atoms with E-state index in [2.05, 4.69) is 72.8 Å². The summed E-state index contributed by atoms with van der Waals surface area (Å²) in [5.41, 5.74) is 1.16. The molecule has 1 nitrogen and oxygen atoms in total. The Balaban J connectivity index is 2.13. The van der Waals surface area contributed by atoms with Gasteiger partial charge in [0.2, 0.25) is 0 Å². The Morgan fingerprint density at radius 2 is 1.28 bits per heavy atom. The van der Waals surface area contributed by atoms with Crippen molar-refractivity contribution < 1.29 is 4.39 Å². The van der Waals surface area contributed by atoms with Gasteiger partial charge in [0.15, 0.2) is 5.44 Å². The van der Waals surface area contributed by atoms with E-state index in [1.54, 1.807) is 0 Å². The second kappa shape index (κ2) is 8.87. The van der Waals surface area contributed by atoms with Gasteiger partial charge < -0.3 is 0 Å². The van der Waals surface area contributed by atoms with E-state index < -0.39 is 7.26 Å². The lowest BCUT2D eigenvalue weighted by atomic mass is 10.3. The van der Waals surface area contributed by atoms with E-state index in [1.807, 2.05) is 12.3 Å². The molecule has 1 heterocycles. The van der Waals surface area contributed by atoms with Gasteiger partial charge in [-0.15, -0.1) is 0 Å². The van der Waals surface area contributed by atoms with Gasteiger partial charge in [0, 0.05) is 12.3 Å². The third-order valence-corrected chi connectivity index (χ3v) is 8.95. The van der Waals surface area contributed by atoms with Crippen LogP contribution in [-0.4, -0.2) is 17.8 Å². The number of hydrogen-bond donors (Lipinski definition) is 0. The van der Waals surface area contributed by atoms with Crippen molar-refractivity contribution in [3.8, 4) is 0 Å². The van der Waals surface area contributed by atoms with E-state index in [-0.39, 0.29) is 6.67 Å². The normalized spacial score (nSPS) is 11.4. The number of alkyl halides is 1. The fourth-order valence-electron chi connectivity index (χ4n) is 3.35. The van der Waals surface area contributed by atoms with Crippen LogP contribution < -0.4 is 16.0 Å². The zero-order valence-electron chi connectivity index (χ0n) is 14.4. The lowest BCUT2D eigenvalue weighted by molar-refractivity contribution is 0.460.